The highest BCUT2D eigenvalue weighted by molar-refractivity contribution is 9.10. The molecule has 0 aliphatic heterocycles. The number of aromatic nitrogens is 2. The van der Waals surface area contributed by atoms with Gasteiger partial charge >= 0.3 is 0 Å². The van der Waals surface area contributed by atoms with Crippen molar-refractivity contribution in [2.24, 2.45) is 0 Å². The Kier molecular flexibility index (Phi) is 5.58. The first-order valence-electron chi connectivity index (χ1n) is 7.33. The molecule has 0 saturated carbocycles. The first kappa shape index (κ1) is 17.7. The van der Waals surface area contributed by atoms with Crippen molar-refractivity contribution >= 4 is 49.9 Å². The lowest BCUT2D eigenvalue weighted by Gasteiger charge is -2.12. The lowest BCUT2D eigenvalue weighted by Crippen LogP contribution is -2.22. The van der Waals surface area contributed by atoms with Gasteiger partial charge in [-0.3, -0.25) is 9.36 Å². The second kappa shape index (κ2) is 7.87. The molecule has 0 aliphatic rings. The van der Waals surface area contributed by atoms with Crippen molar-refractivity contribution in [2.75, 3.05) is 5.32 Å². The first-order chi connectivity index (χ1) is 12.1. The molecular formula is C17H13BrN4OS2. The molecule has 0 bridgehead atoms. The Morgan fingerprint density at radius 3 is 2.88 bits per heavy atom. The number of halogens is 1. The number of carbonyl (C=O) groups excluding carboxylic acids is 1. The fraction of sp³-hybridized carbons (Fsp3) is 0.118. The minimum absolute atomic E-state index is 0.158. The topological polar surface area (TPSA) is 70.7 Å². The van der Waals surface area contributed by atoms with E-state index >= 15 is 0 Å². The number of anilines is 1. The van der Waals surface area contributed by atoms with E-state index in [1.54, 1.807) is 17.6 Å². The van der Waals surface area contributed by atoms with Crippen LogP contribution < -0.4 is 5.32 Å². The molecule has 0 saturated heterocycles. The van der Waals surface area contributed by atoms with Crippen LogP contribution in [0.1, 0.15) is 12.5 Å². The maximum absolute atomic E-state index is 12.4. The third-order valence-corrected chi connectivity index (χ3v) is 5.82. The molecule has 126 valence electrons. The van der Waals surface area contributed by atoms with Crippen molar-refractivity contribution in [3.05, 3.63) is 58.1 Å². The zero-order valence-corrected chi connectivity index (χ0v) is 16.4. The van der Waals surface area contributed by atoms with Gasteiger partial charge in [-0.15, -0.1) is 11.3 Å². The summed E-state index contributed by atoms with van der Waals surface area (Å²) in [4.78, 5) is 16.8. The van der Waals surface area contributed by atoms with Gasteiger partial charge in [-0.05, 0) is 42.6 Å². The molecule has 0 radical (unpaired) electrons. The van der Waals surface area contributed by atoms with Crippen LogP contribution in [-0.4, -0.2) is 20.7 Å². The summed E-state index contributed by atoms with van der Waals surface area (Å²) in [7, 11) is 0. The number of nitrogens with one attached hydrogen (secondary N) is 1. The number of thiophene rings is 1. The van der Waals surface area contributed by atoms with E-state index in [4.69, 9.17) is 5.26 Å². The molecule has 1 aromatic carbocycles. The predicted octanol–water partition coefficient (Wildman–Crippen LogP) is 4.69. The Balaban J connectivity index is 1.72. The van der Waals surface area contributed by atoms with E-state index in [1.807, 2.05) is 42.0 Å². The second-order valence-corrected chi connectivity index (χ2v) is 8.22. The van der Waals surface area contributed by atoms with Crippen molar-refractivity contribution in [3.8, 4) is 11.8 Å². The number of hydrogen-bond donors (Lipinski definition) is 1. The minimum atomic E-state index is -0.356. The van der Waals surface area contributed by atoms with Crippen molar-refractivity contribution < 1.29 is 4.79 Å². The van der Waals surface area contributed by atoms with Crippen LogP contribution in [0.25, 0.3) is 5.69 Å². The van der Waals surface area contributed by atoms with Gasteiger partial charge in [0.15, 0.2) is 5.16 Å². The molecule has 1 atom stereocenters. The largest absolute Gasteiger partial charge is 0.316 e. The molecule has 0 aliphatic carbocycles. The van der Waals surface area contributed by atoms with Crippen LogP contribution >= 0.6 is 39.0 Å². The van der Waals surface area contributed by atoms with Gasteiger partial charge in [0.25, 0.3) is 0 Å². The second-order valence-electron chi connectivity index (χ2n) is 5.08. The zero-order chi connectivity index (χ0) is 17.8. The van der Waals surface area contributed by atoms with Crippen LogP contribution in [0.5, 0.6) is 0 Å². The number of thioether (sulfide) groups is 1. The summed E-state index contributed by atoms with van der Waals surface area (Å²) in [6.07, 6.45) is 3.57. The van der Waals surface area contributed by atoms with Gasteiger partial charge < -0.3 is 5.32 Å². The molecule has 3 aromatic rings. The van der Waals surface area contributed by atoms with E-state index in [2.05, 4.69) is 32.3 Å². The van der Waals surface area contributed by atoms with Crippen molar-refractivity contribution in [2.45, 2.75) is 17.3 Å². The Labute approximate surface area is 161 Å². The molecule has 5 nitrogen and oxygen atoms in total. The van der Waals surface area contributed by atoms with Crippen LogP contribution in [0.15, 0.2) is 57.7 Å². The summed E-state index contributed by atoms with van der Waals surface area (Å²) in [5.74, 6) is -0.158. The minimum Gasteiger partial charge on any atom is -0.316 e. The van der Waals surface area contributed by atoms with E-state index in [1.165, 1.54) is 23.1 Å². The highest BCUT2D eigenvalue weighted by Gasteiger charge is 2.19. The number of imidazole rings is 1. The van der Waals surface area contributed by atoms with Gasteiger partial charge in [0.2, 0.25) is 5.91 Å². The number of rotatable bonds is 5. The number of amides is 1. The zero-order valence-electron chi connectivity index (χ0n) is 13.1. The molecule has 1 amide bonds. The number of nitriles is 1. The summed E-state index contributed by atoms with van der Waals surface area (Å²) in [6, 6.07) is 11.6. The van der Waals surface area contributed by atoms with Gasteiger partial charge in [0, 0.05) is 22.6 Å². The highest BCUT2D eigenvalue weighted by Crippen LogP contribution is 2.28. The van der Waals surface area contributed by atoms with Crippen LogP contribution in [0.4, 0.5) is 5.00 Å². The molecule has 0 spiro atoms. The molecule has 3 rings (SSSR count). The molecular weight excluding hydrogens is 420 g/mol. The number of hydrogen-bond acceptors (Lipinski definition) is 5. The maximum atomic E-state index is 12.4. The lowest BCUT2D eigenvalue weighted by atomic mass is 10.3. The molecule has 8 heteroatoms. The normalized spacial score (nSPS) is 11.7. The van der Waals surface area contributed by atoms with E-state index in [-0.39, 0.29) is 11.2 Å². The quantitative estimate of drug-likeness (QED) is 0.593. The van der Waals surface area contributed by atoms with Crippen molar-refractivity contribution in [3.63, 3.8) is 0 Å². The monoisotopic (exact) mass is 432 g/mol. The predicted molar refractivity (Wildman–Crippen MR) is 104 cm³/mol. The van der Waals surface area contributed by atoms with E-state index in [0.29, 0.717) is 10.6 Å². The van der Waals surface area contributed by atoms with Gasteiger partial charge in [-0.2, -0.15) is 5.26 Å². The lowest BCUT2D eigenvalue weighted by molar-refractivity contribution is -0.115. The summed E-state index contributed by atoms with van der Waals surface area (Å²) in [6.45, 7) is 1.82. The number of nitrogens with zero attached hydrogens (tertiary/aromatic N) is 3. The van der Waals surface area contributed by atoms with Crippen LogP contribution in [0.3, 0.4) is 0 Å². The third-order valence-electron chi connectivity index (χ3n) is 3.39. The summed E-state index contributed by atoms with van der Waals surface area (Å²) in [5, 5.41) is 14.6. The molecule has 0 fully saturated rings. The maximum Gasteiger partial charge on any atom is 0.238 e. The van der Waals surface area contributed by atoms with Crippen molar-refractivity contribution in [1.29, 1.82) is 5.26 Å². The summed E-state index contributed by atoms with van der Waals surface area (Å²) in [5.41, 5.74) is 1.45. The number of carbonyl (C=O) groups is 1. The van der Waals surface area contributed by atoms with E-state index in [0.717, 1.165) is 15.3 Å². The fourth-order valence-corrected chi connectivity index (χ4v) is 3.98. The van der Waals surface area contributed by atoms with Gasteiger partial charge in [-0.1, -0.05) is 27.7 Å². The van der Waals surface area contributed by atoms with Gasteiger partial charge in [-0.25, -0.2) is 4.98 Å². The smallest absolute Gasteiger partial charge is 0.238 e. The Morgan fingerprint density at radius 1 is 1.40 bits per heavy atom. The molecule has 2 aromatic heterocycles. The Morgan fingerprint density at radius 2 is 2.16 bits per heavy atom. The molecule has 1 unspecified atom stereocenters. The molecule has 25 heavy (non-hydrogen) atoms. The van der Waals surface area contributed by atoms with Crippen molar-refractivity contribution in [1.82, 2.24) is 9.55 Å². The van der Waals surface area contributed by atoms with Crippen LogP contribution in [-0.2, 0) is 4.79 Å². The summed E-state index contributed by atoms with van der Waals surface area (Å²) >= 11 is 6.13. The standard InChI is InChI=1S/C17H13BrN4OS2/c1-11(15(23)21-16-12(10-19)6-9-24-16)25-17-20-7-8-22(17)14-4-2-13(18)3-5-14/h2-9,11H,1H3,(H,21,23). The van der Waals surface area contributed by atoms with Gasteiger partial charge in [0.05, 0.1) is 10.8 Å². The Bertz CT molecular complexity index is 927. The SMILES string of the molecule is CC(Sc1nccn1-c1ccc(Br)cc1)C(=O)Nc1sccc1C#N. The van der Waals surface area contributed by atoms with Crippen LogP contribution in [0, 0.1) is 11.3 Å². The first-order valence-corrected chi connectivity index (χ1v) is 9.88. The summed E-state index contributed by atoms with van der Waals surface area (Å²) < 4.78 is 2.94. The highest BCUT2D eigenvalue weighted by atomic mass is 79.9. The fourth-order valence-electron chi connectivity index (χ4n) is 2.09. The van der Waals surface area contributed by atoms with E-state index < -0.39 is 0 Å². The molecule has 1 N–H and O–H groups in total. The average molecular weight is 433 g/mol. The number of benzene rings is 1. The van der Waals surface area contributed by atoms with E-state index in [9.17, 15) is 4.79 Å². The van der Waals surface area contributed by atoms with Crippen LogP contribution in [0.2, 0.25) is 0 Å². The molecule has 2 heterocycles. The Hall–Kier alpha value is -2.08. The average Bonchev–Trinajstić information content (AvgIpc) is 3.24. The van der Waals surface area contributed by atoms with Gasteiger partial charge in [0.1, 0.15) is 11.1 Å². The third kappa shape index (κ3) is 4.12.